The Morgan fingerprint density at radius 2 is 2.27 bits per heavy atom. The maximum atomic E-state index is 6.14. The summed E-state index contributed by atoms with van der Waals surface area (Å²) in [6, 6.07) is 8.02. The molecule has 0 aromatic heterocycles. The normalized spacial score (nSPS) is 17.1. The van der Waals surface area contributed by atoms with Crippen LogP contribution >= 0.6 is 11.6 Å². The van der Waals surface area contributed by atoms with Gasteiger partial charge < -0.3 is 5.32 Å². The second-order valence-corrected chi connectivity index (χ2v) is 4.29. The third kappa shape index (κ3) is 2.51. The maximum absolute atomic E-state index is 6.14. The van der Waals surface area contributed by atoms with Crippen LogP contribution in [0.25, 0.3) is 0 Å². The standard InChI is InChI=1S/C12H15ClN2/c1-9(8-12-14-6-7-15-12)10-4-2-3-5-11(10)13/h2-5,9H,6-8H2,1H3,(H,14,15). The van der Waals surface area contributed by atoms with Crippen LogP contribution in [0.15, 0.2) is 29.3 Å². The lowest BCUT2D eigenvalue weighted by Crippen LogP contribution is -2.20. The zero-order chi connectivity index (χ0) is 10.7. The molecule has 1 aliphatic rings. The second-order valence-electron chi connectivity index (χ2n) is 3.88. The maximum Gasteiger partial charge on any atom is 0.0970 e. The topological polar surface area (TPSA) is 24.4 Å². The third-order valence-electron chi connectivity index (χ3n) is 2.68. The molecule has 0 bridgehead atoms. The van der Waals surface area contributed by atoms with Gasteiger partial charge in [0, 0.05) is 18.0 Å². The van der Waals surface area contributed by atoms with E-state index in [9.17, 15) is 0 Å². The summed E-state index contributed by atoms with van der Waals surface area (Å²) in [4.78, 5) is 4.39. The second kappa shape index (κ2) is 4.67. The van der Waals surface area contributed by atoms with E-state index < -0.39 is 0 Å². The van der Waals surface area contributed by atoms with E-state index >= 15 is 0 Å². The van der Waals surface area contributed by atoms with Gasteiger partial charge in [-0.05, 0) is 17.5 Å². The Bertz CT molecular complexity index is 374. The Morgan fingerprint density at radius 3 is 2.93 bits per heavy atom. The number of halogens is 1. The van der Waals surface area contributed by atoms with Crippen molar-refractivity contribution in [2.75, 3.05) is 13.1 Å². The molecular formula is C12H15ClN2. The number of nitrogens with zero attached hydrogens (tertiary/aromatic N) is 1. The Labute approximate surface area is 95.4 Å². The quantitative estimate of drug-likeness (QED) is 0.836. The summed E-state index contributed by atoms with van der Waals surface area (Å²) < 4.78 is 0. The lowest BCUT2D eigenvalue weighted by Gasteiger charge is -2.13. The molecule has 1 unspecified atom stereocenters. The first-order chi connectivity index (χ1) is 7.27. The molecule has 0 saturated heterocycles. The zero-order valence-electron chi connectivity index (χ0n) is 8.83. The van der Waals surface area contributed by atoms with Gasteiger partial charge in [0.1, 0.15) is 0 Å². The number of hydrogen-bond acceptors (Lipinski definition) is 2. The molecule has 2 rings (SSSR count). The van der Waals surface area contributed by atoms with Crippen molar-refractivity contribution in [3.8, 4) is 0 Å². The molecule has 15 heavy (non-hydrogen) atoms. The van der Waals surface area contributed by atoms with E-state index in [-0.39, 0.29) is 0 Å². The third-order valence-corrected chi connectivity index (χ3v) is 3.02. The van der Waals surface area contributed by atoms with Crippen LogP contribution in [0, 0.1) is 0 Å². The molecule has 0 spiro atoms. The zero-order valence-corrected chi connectivity index (χ0v) is 9.59. The van der Waals surface area contributed by atoms with Gasteiger partial charge in [-0.3, -0.25) is 4.99 Å². The monoisotopic (exact) mass is 222 g/mol. The number of hydrogen-bond donors (Lipinski definition) is 1. The van der Waals surface area contributed by atoms with E-state index in [1.165, 1.54) is 5.56 Å². The predicted molar refractivity (Wildman–Crippen MR) is 64.8 cm³/mol. The summed E-state index contributed by atoms with van der Waals surface area (Å²) in [5.41, 5.74) is 1.20. The van der Waals surface area contributed by atoms with Crippen LogP contribution in [0.1, 0.15) is 24.8 Å². The van der Waals surface area contributed by atoms with Crippen LogP contribution in [0.4, 0.5) is 0 Å². The van der Waals surface area contributed by atoms with Gasteiger partial charge in [0.15, 0.2) is 0 Å². The largest absolute Gasteiger partial charge is 0.372 e. The van der Waals surface area contributed by atoms with Gasteiger partial charge in [-0.1, -0.05) is 36.7 Å². The number of benzene rings is 1. The Morgan fingerprint density at radius 1 is 1.47 bits per heavy atom. The Hall–Kier alpha value is -1.02. The summed E-state index contributed by atoms with van der Waals surface area (Å²) in [6.07, 6.45) is 0.948. The molecule has 1 aromatic rings. The van der Waals surface area contributed by atoms with Crippen molar-refractivity contribution in [1.29, 1.82) is 0 Å². The molecule has 0 saturated carbocycles. The van der Waals surface area contributed by atoms with Gasteiger partial charge in [0.25, 0.3) is 0 Å². The summed E-state index contributed by atoms with van der Waals surface area (Å²) in [6.45, 7) is 4.07. The Balaban J connectivity index is 2.07. The molecule has 1 N–H and O–H groups in total. The van der Waals surface area contributed by atoms with Gasteiger partial charge in [0.2, 0.25) is 0 Å². The summed E-state index contributed by atoms with van der Waals surface area (Å²) in [5.74, 6) is 1.53. The highest BCUT2D eigenvalue weighted by molar-refractivity contribution is 6.31. The van der Waals surface area contributed by atoms with E-state index in [2.05, 4.69) is 23.3 Å². The molecule has 0 radical (unpaired) electrons. The van der Waals surface area contributed by atoms with Crippen molar-refractivity contribution in [2.45, 2.75) is 19.3 Å². The average Bonchev–Trinajstić information content (AvgIpc) is 2.71. The van der Waals surface area contributed by atoms with Gasteiger partial charge in [-0.25, -0.2) is 0 Å². The van der Waals surface area contributed by atoms with Crippen molar-refractivity contribution in [2.24, 2.45) is 4.99 Å². The van der Waals surface area contributed by atoms with Gasteiger partial charge >= 0.3 is 0 Å². The lowest BCUT2D eigenvalue weighted by atomic mass is 9.97. The van der Waals surface area contributed by atoms with Crippen molar-refractivity contribution >= 4 is 17.4 Å². The lowest BCUT2D eigenvalue weighted by molar-refractivity contribution is 0.789. The Kier molecular flexibility index (Phi) is 3.27. The molecule has 0 fully saturated rings. The first-order valence-corrected chi connectivity index (χ1v) is 5.67. The molecule has 0 aliphatic carbocycles. The van der Waals surface area contributed by atoms with E-state index in [1.54, 1.807) is 0 Å². The molecule has 80 valence electrons. The van der Waals surface area contributed by atoms with Gasteiger partial charge in [0.05, 0.1) is 12.4 Å². The van der Waals surface area contributed by atoms with Gasteiger partial charge in [-0.15, -0.1) is 0 Å². The van der Waals surface area contributed by atoms with Crippen LogP contribution in [0.5, 0.6) is 0 Å². The fourth-order valence-corrected chi connectivity index (χ4v) is 2.18. The molecule has 0 amide bonds. The van der Waals surface area contributed by atoms with E-state index in [1.807, 2.05) is 18.2 Å². The minimum atomic E-state index is 0.419. The summed E-state index contributed by atoms with van der Waals surface area (Å²) >= 11 is 6.14. The summed E-state index contributed by atoms with van der Waals surface area (Å²) in [5, 5.41) is 4.13. The first-order valence-electron chi connectivity index (χ1n) is 5.29. The van der Waals surface area contributed by atoms with Gasteiger partial charge in [-0.2, -0.15) is 0 Å². The minimum absolute atomic E-state index is 0.419. The number of amidine groups is 1. The first kappa shape index (κ1) is 10.5. The number of aliphatic imine (C=N–C) groups is 1. The molecule has 1 aliphatic heterocycles. The molecule has 1 atom stereocenters. The highest BCUT2D eigenvalue weighted by Gasteiger charge is 2.13. The number of nitrogens with one attached hydrogen (secondary N) is 1. The SMILES string of the molecule is CC(CC1=NCCN1)c1ccccc1Cl. The van der Waals surface area contributed by atoms with Crippen molar-refractivity contribution < 1.29 is 0 Å². The minimum Gasteiger partial charge on any atom is -0.372 e. The molecule has 3 heteroatoms. The van der Waals surface area contributed by atoms with E-state index in [4.69, 9.17) is 11.6 Å². The summed E-state index contributed by atoms with van der Waals surface area (Å²) in [7, 11) is 0. The molecular weight excluding hydrogens is 208 g/mol. The molecule has 1 heterocycles. The predicted octanol–water partition coefficient (Wildman–Crippen LogP) is 2.84. The van der Waals surface area contributed by atoms with Crippen molar-refractivity contribution in [3.63, 3.8) is 0 Å². The fraction of sp³-hybridized carbons (Fsp3) is 0.417. The van der Waals surface area contributed by atoms with Crippen LogP contribution < -0.4 is 5.32 Å². The average molecular weight is 223 g/mol. The van der Waals surface area contributed by atoms with E-state index in [0.717, 1.165) is 30.4 Å². The van der Waals surface area contributed by atoms with Crippen LogP contribution in [-0.2, 0) is 0 Å². The highest BCUT2D eigenvalue weighted by atomic mass is 35.5. The molecule has 1 aromatic carbocycles. The van der Waals surface area contributed by atoms with Crippen molar-refractivity contribution in [3.05, 3.63) is 34.9 Å². The highest BCUT2D eigenvalue weighted by Crippen LogP contribution is 2.26. The molecule has 2 nitrogen and oxygen atoms in total. The fourth-order valence-electron chi connectivity index (χ4n) is 1.86. The van der Waals surface area contributed by atoms with Crippen molar-refractivity contribution in [1.82, 2.24) is 5.32 Å². The number of rotatable bonds is 3. The van der Waals surface area contributed by atoms with Crippen LogP contribution in [-0.4, -0.2) is 18.9 Å². The van der Waals surface area contributed by atoms with E-state index in [0.29, 0.717) is 5.92 Å². The smallest absolute Gasteiger partial charge is 0.0970 e. The van der Waals surface area contributed by atoms with Crippen LogP contribution in [0.3, 0.4) is 0 Å². The van der Waals surface area contributed by atoms with Crippen LogP contribution in [0.2, 0.25) is 5.02 Å².